The van der Waals surface area contributed by atoms with Gasteiger partial charge in [0.2, 0.25) is 0 Å². The second-order valence-electron chi connectivity index (χ2n) is 5.13. The van der Waals surface area contributed by atoms with Gasteiger partial charge in [0, 0.05) is 10.5 Å². The minimum absolute atomic E-state index is 0.204. The van der Waals surface area contributed by atoms with Crippen LogP contribution in [0.1, 0.15) is 26.3 Å². The average molecular weight is 254 g/mol. The van der Waals surface area contributed by atoms with Gasteiger partial charge < -0.3 is 9.84 Å². The fourth-order valence-corrected chi connectivity index (χ4v) is 2.29. The summed E-state index contributed by atoms with van der Waals surface area (Å²) in [6, 6.07) is 7.87. The van der Waals surface area contributed by atoms with Crippen LogP contribution in [-0.4, -0.2) is 28.8 Å². The second-order valence-corrected chi connectivity index (χ2v) is 6.98. The van der Waals surface area contributed by atoms with Crippen molar-refractivity contribution >= 4 is 11.8 Å². The molecule has 0 amide bonds. The lowest BCUT2D eigenvalue weighted by atomic mass is 10.1. The first kappa shape index (κ1) is 14.4. The average Bonchev–Trinajstić information content (AvgIpc) is 2.26. The molecule has 17 heavy (non-hydrogen) atoms. The molecule has 1 rings (SSSR count). The summed E-state index contributed by atoms with van der Waals surface area (Å²) in [6.45, 7) is 6.49. The van der Waals surface area contributed by atoms with E-state index in [0.717, 1.165) is 17.1 Å². The van der Waals surface area contributed by atoms with Gasteiger partial charge in [-0.25, -0.2) is 0 Å². The number of benzene rings is 1. The Morgan fingerprint density at radius 2 is 2.06 bits per heavy atom. The lowest BCUT2D eigenvalue weighted by Gasteiger charge is -2.20. The van der Waals surface area contributed by atoms with E-state index in [0.29, 0.717) is 6.42 Å². The predicted octanol–water partition coefficient (Wildman–Crippen LogP) is 3.13. The minimum atomic E-state index is -0.300. The van der Waals surface area contributed by atoms with Gasteiger partial charge >= 0.3 is 0 Å². The lowest BCUT2D eigenvalue weighted by Crippen LogP contribution is -2.18. The zero-order chi connectivity index (χ0) is 12.9. The summed E-state index contributed by atoms with van der Waals surface area (Å²) < 4.78 is 5.37. The van der Waals surface area contributed by atoms with Crippen LogP contribution in [0, 0.1) is 0 Å². The van der Waals surface area contributed by atoms with Crippen molar-refractivity contribution in [2.75, 3.05) is 12.9 Å². The minimum Gasteiger partial charge on any atom is -0.497 e. The van der Waals surface area contributed by atoms with Crippen molar-refractivity contribution in [3.8, 4) is 5.75 Å². The predicted molar refractivity (Wildman–Crippen MR) is 74.9 cm³/mol. The second kappa shape index (κ2) is 6.31. The molecule has 0 aliphatic heterocycles. The van der Waals surface area contributed by atoms with E-state index in [9.17, 15) is 5.11 Å². The van der Waals surface area contributed by atoms with Crippen molar-refractivity contribution in [3.63, 3.8) is 0 Å². The zero-order valence-electron chi connectivity index (χ0n) is 11.1. The highest BCUT2D eigenvalue weighted by Gasteiger charge is 2.14. The van der Waals surface area contributed by atoms with Crippen LogP contribution in [0.25, 0.3) is 0 Å². The number of ether oxygens (including phenoxy) is 1. The molecule has 0 saturated heterocycles. The largest absolute Gasteiger partial charge is 0.497 e. The molecule has 0 spiro atoms. The SMILES string of the molecule is COc1cccc(CC(O)CSC(C)(C)C)c1. The van der Waals surface area contributed by atoms with Gasteiger partial charge in [0.1, 0.15) is 5.75 Å². The van der Waals surface area contributed by atoms with E-state index >= 15 is 0 Å². The van der Waals surface area contributed by atoms with Crippen molar-refractivity contribution in [2.24, 2.45) is 0 Å². The molecule has 0 aliphatic rings. The van der Waals surface area contributed by atoms with E-state index in [2.05, 4.69) is 20.8 Å². The van der Waals surface area contributed by atoms with E-state index < -0.39 is 0 Å². The molecule has 0 fully saturated rings. The topological polar surface area (TPSA) is 29.5 Å². The summed E-state index contributed by atoms with van der Waals surface area (Å²) in [5, 5.41) is 9.97. The summed E-state index contributed by atoms with van der Waals surface area (Å²) in [5.74, 6) is 1.61. The molecular weight excluding hydrogens is 232 g/mol. The molecule has 1 aromatic rings. The van der Waals surface area contributed by atoms with Gasteiger partial charge in [-0.2, -0.15) is 11.8 Å². The number of hydrogen-bond acceptors (Lipinski definition) is 3. The monoisotopic (exact) mass is 254 g/mol. The van der Waals surface area contributed by atoms with Crippen LogP contribution in [0.3, 0.4) is 0 Å². The Morgan fingerprint density at radius 1 is 1.35 bits per heavy atom. The molecule has 0 aliphatic carbocycles. The molecule has 0 bridgehead atoms. The van der Waals surface area contributed by atoms with Gasteiger partial charge in [0.25, 0.3) is 0 Å². The van der Waals surface area contributed by atoms with Crippen LogP contribution in [0.5, 0.6) is 5.75 Å². The van der Waals surface area contributed by atoms with E-state index in [1.807, 2.05) is 24.3 Å². The maximum atomic E-state index is 9.97. The van der Waals surface area contributed by atoms with Crippen LogP contribution in [0.4, 0.5) is 0 Å². The first-order chi connectivity index (χ1) is 7.90. The quantitative estimate of drug-likeness (QED) is 0.875. The maximum Gasteiger partial charge on any atom is 0.119 e. The zero-order valence-corrected chi connectivity index (χ0v) is 11.9. The van der Waals surface area contributed by atoms with Gasteiger partial charge in [-0.05, 0) is 24.1 Å². The summed E-state index contributed by atoms with van der Waals surface area (Å²) in [5.41, 5.74) is 1.12. The molecule has 0 radical (unpaired) electrons. The molecule has 96 valence electrons. The van der Waals surface area contributed by atoms with Gasteiger partial charge in [0.05, 0.1) is 13.2 Å². The van der Waals surface area contributed by atoms with Crippen LogP contribution in [0.2, 0.25) is 0 Å². The molecular formula is C14H22O2S. The van der Waals surface area contributed by atoms with Crippen molar-refractivity contribution in [2.45, 2.75) is 38.0 Å². The van der Waals surface area contributed by atoms with Crippen molar-refractivity contribution in [3.05, 3.63) is 29.8 Å². The smallest absolute Gasteiger partial charge is 0.119 e. The fraction of sp³-hybridized carbons (Fsp3) is 0.571. The Bertz CT molecular complexity index is 344. The van der Waals surface area contributed by atoms with Crippen LogP contribution < -0.4 is 4.74 Å². The summed E-state index contributed by atoms with van der Waals surface area (Å²) in [4.78, 5) is 0. The highest BCUT2D eigenvalue weighted by molar-refractivity contribution is 8.00. The molecule has 0 aromatic heterocycles. The van der Waals surface area contributed by atoms with E-state index in [1.165, 1.54) is 0 Å². The number of hydrogen-bond donors (Lipinski definition) is 1. The van der Waals surface area contributed by atoms with Crippen LogP contribution in [0.15, 0.2) is 24.3 Å². The van der Waals surface area contributed by atoms with Gasteiger partial charge in [-0.3, -0.25) is 0 Å². The lowest BCUT2D eigenvalue weighted by molar-refractivity contribution is 0.199. The summed E-state index contributed by atoms with van der Waals surface area (Å²) in [6.07, 6.45) is 0.381. The van der Waals surface area contributed by atoms with Gasteiger partial charge in [-0.15, -0.1) is 0 Å². The van der Waals surface area contributed by atoms with Gasteiger partial charge in [0.15, 0.2) is 0 Å². The first-order valence-electron chi connectivity index (χ1n) is 5.85. The number of aliphatic hydroxyl groups excluding tert-OH is 1. The third kappa shape index (κ3) is 5.99. The summed E-state index contributed by atoms with van der Waals surface area (Å²) >= 11 is 1.79. The van der Waals surface area contributed by atoms with Crippen molar-refractivity contribution in [1.82, 2.24) is 0 Å². The Labute approximate surface area is 108 Å². The summed E-state index contributed by atoms with van der Waals surface area (Å²) in [7, 11) is 1.66. The molecule has 1 unspecified atom stereocenters. The van der Waals surface area contributed by atoms with Gasteiger partial charge in [-0.1, -0.05) is 32.9 Å². The Hall–Kier alpha value is -0.670. The highest BCUT2D eigenvalue weighted by Crippen LogP contribution is 2.24. The molecule has 1 atom stereocenters. The Kier molecular flexibility index (Phi) is 5.34. The molecule has 0 heterocycles. The van der Waals surface area contributed by atoms with Crippen LogP contribution in [-0.2, 0) is 6.42 Å². The molecule has 2 nitrogen and oxygen atoms in total. The molecule has 1 N–H and O–H groups in total. The number of methoxy groups -OCH3 is 1. The number of aliphatic hydroxyl groups is 1. The number of rotatable bonds is 5. The van der Waals surface area contributed by atoms with E-state index in [1.54, 1.807) is 18.9 Å². The number of thioether (sulfide) groups is 1. The normalized spacial score (nSPS) is 13.5. The first-order valence-corrected chi connectivity index (χ1v) is 6.84. The van der Waals surface area contributed by atoms with E-state index in [4.69, 9.17) is 4.74 Å². The molecule has 3 heteroatoms. The third-order valence-electron chi connectivity index (χ3n) is 2.31. The third-order valence-corrected chi connectivity index (χ3v) is 3.73. The standard InChI is InChI=1S/C14H22O2S/c1-14(2,3)17-10-12(15)8-11-6-5-7-13(9-11)16-4/h5-7,9,12,15H,8,10H2,1-4H3. The Balaban J connectivity index is 2.47. The molecule has 1 aromatic carbocycles. The Morgan fingerprint density at radius 3 is 2.65 bits per heavy atom. The van der Waals surface area contributed by atoms with Crippen molar-refractivity contribution in [1.29, 1.82) is 0 Å². The fourth-order valence-electron chi connectivity index (χ4n) is 1.48. The van der Waals surface area contributed by atoms with E-state index in [-0.39, 0.29) is 10.9 Å². The van der Waals surface area contributed by atoms with Crippen LogP contribution >= 0.6 is 11.8 Å². The van der Waals surface area contributed by atoms with Crippen molar-refractivity contribution < 1.29 is 9.84 Å². The molecule has 0 saturated carbocycles. The maximum absolute atomic E-state index is 9.97. The highest BCUT2D eigenvalue weighted by atomic mass is 32.2.